The minimum atomic E-state index is -0.714. The van der Waals surface area contributed by atoms with Gasteiger partial charge in [-0.3, -0.25) is 19.7 Å². The maximum absolute atomic E-state index is 10.8. The number of carbonyl (C=O) groups excluding carboxylic acids is 2. The summed E-state index contributed by atoms with van der Waals surface area (Å²) in [4.78, 5) is 33.7. The molecule has 6 rings (SSSR count). The van der Waals surface area contributed by atoms with Crippen LogP contribution in [0.1, 0.15) is 32.6 Å². The van der Waals surface area contributed by atoms with Gasteiger partial charge in [0.2, 0.25) is 6.29 Å². The van der Waals surface area contributed by atoms with E-state index in [1.54, 1.807) is 23.7 Å². The average molecular weight is 524 g/mol. The Morgan fingerprint density at radius 1 is 1.08 bits per heavy atom. The SMILES string of the molecule is CC1CCCN(C)C1.CN1CCCC1.O=CC(=O)Nc1cncc2cn[nH]c12.c1ccc2scnc2c1. The highest BCUT2D eigenvalue weighted by atomic mass is 32.1. The van der Waals surface area contributed by atoms with Gasteiger partial charge in [-0.2, -0.15) is 5.10 Å². The van der Waals surface area contributed by atoms with Crippen LogP contribution in [0.3, 0.4) is 0 Å². The van der Waals surface area contributed by atoms with Crippen LogP contribution in [0, 0.1) is 5.92 Å². The molecule has 0 radical (unpaired) electrons. The number of H-pyrrole nitrogens is 1. The number of nitrogens with one attached hydrogen (secondary N) is 2. The lowest BCUT2D eigenvalue weighted by Gasteiger charge is -2.26. The van der Waals surface area contributed by atoms with Crippen molar-refractivity contribution in [3.63, 3.8) is 0 Å². The molecule has 1 aromatic carbocycles. The Morgan fingerprint density at radius 3 is 2.46 bits per heavy atom. The number of fused-ring (bicyclic) bond motifs is 2. The Bertz CT molecular complexity index is 1200. The van der Waals surface area contributed by atoms with Crippen molar-refractivity contribution in [3.8, 4) is 0 Å². The van der Waals surface area contributed by atoms with Gasteiger partial charge in [-0.1, -0.05) is 19.1 Å². The number of piperidine rings is 1. The summed E-state index contributed by atoms with van der Waals surface area (Å²) in [6.45, 7) is 7.58. The molecule has 10 heteroatoms. The predicted octanol–water partition coefficient (Wildman–Crippen LogP) is 4.45. The fourth-order valence-corrected chi connectivity index (χ4v) is 4.90. The number of benzene rings is 1. The average Bonchev–Trinajstić information content (AvgIpc) is 3.67. The first-order valence-electron chi connectivity index (χ1n) is 12.6. The monoisotopic (exact) mass is 523 g/mol. The number of hydrogen-bond acceptors (Lipinski definition) is 8. The maximum atomic E-state index is 10.8. The molecule has 2 aliphatic rings. The van der Waals surface area contributed by atoms with Crippen molar-refractivity contribution >= 4 is 50.3 Å². The number of aromatic amines is 1. The number of rotatable bonds is 2. The second kappa shape index (κ2) is 15.1. The maximum Gasteiger partial charge on any atom is 0.288 e. The molecule has 5 heterocycles. The van der Waals surface area contributed by atoms with Gasteiger partial charge in [0.1, 0.15) is 0 Å². The number of para-hydroxylation sites is 1. The Balaban J connectivity index is 0.000000144. The quantitative estimate of drug-likeness (QED) is 0.295. The molecular formula is C27H37N7O2S. The van der Waals surface area contributed by atoms with Crippen molar-refractivity contribution in [3.05, 3.63) is 48.4 Å². The molecule has 9 nitrogen and oxygen atoms in total. The van der Waals surface area contributed by atoms with Crippen LogP contribution in [0.5, 0.6) is 0 Å². The summed E-state index contributed by atoms with van der Waals surface area (Å²) in [5, 5.41) is 9.64. The molecule has 198 valence electrons. The van der Waals surface area contributed by atoms with Gasteiger partial charge in [-0.25, -0.2) is 4.98 Å². The van der Waals surface area contributed by atoms with E-state index in [9.17, 15) is 9.59 Å². The minimum absolute atomic E-state index is 0.204. The lowest BCUT2D eigenvalue weighted by Crippen LogP contribution is -2.30. The number of nitrogens with zero attached hydrogens (tertiary/aromatic N) is 5. The molecule has 2 fully saturated rings. The third-order valence-corrected chi connectivity index (χ3v) is 6.96. The summed E-state index contributed by atoms with van der Waals surface area (Å²) < 4.78 is 1.26. The summed E-state index contributed by atoms with van der Waals surface area (Å²) in [7, 11) is 4.38. The second-order valence-corrected chi connectivity index (χ2v) is 10.4. The van der Waals surface area contributed by atoms with E-state index in [0.29, 0.717) is 11.2 Å². The van der Waals surface area contributed by atoms with E-state index in [4.69, 9.17) is 0 Å². The summed E-state index contributed by atoms with van der Waals surface area (Å²) >= 11 is 1.68. The lowest BCUT2D eigenvalue weighted by molar-refractivity contribution is -0.127. The molecular weight excluding hydrogens is 486 g/mol. The molecule has 2 N–H and O–H groups in total. The van der Waals surface area contributed by atoms with Crippen molar-refractivity contribution < 1.29 is 9.59 Å². The summed E-state index contributed by atoms with van der Waals surface area (Å²) in [6.07, 6.45) is 10.5. The highest BCUT2D eigenvalue weighted by Gasteiger charge is 2.11. The van der Waals surface area contributed by atoms with Crippen LogP contribution in [0.2, 0.25) is 0 Å². The second-order valence-electron chi connectivity index (χ2n) is 9.47. The van der Waals surface area contributed by atoms with Gasteiger partial charge in [-0.15, -0.1) is 11.3 Å². The van der Waals surface area contributed by atoms with Gasteiger partial charge in [0.25, 0.3) is 5.91 Å². The van der Waals surface area contributed by atoms with Crippen molar-refractivity contribution in [1.29, 1.82) is 0 Å². The van der Waals surface area contributed by atoms with Crippen molar-refractivity contribution in [2.75, 3.05) is 45.6 Å². The number of amides is 1. The Hall–Kier alpha value is -3.21. The first-order valence-corrected chi connectivity index (χ1v) is 13.5. The summed E-state index contributed by atoms with van der Waals surface area (Å²) in [5.74, 6) is 0.225. The Kier molecular flexibility index (Phi) is 11.6. The Labute approximate surface area is 222 Å². The topological polar surface area (TPSA) is 107 Å². The number of thiazole rings is 1. The molecule has 0 spiro atoms. The molecule has 1 amide bonds. The predicted molar refractivity (Wildman–Crippen MR) is 151 cm³/mol. The van der Waals surface area contributed by atoms with Crippen LogP contribution in [0.4, 0.5) is 5.69 Å². The number of anilines is 1. The van der Waals surface area contributed by atoms with Crippen LogP contribution >= 0.6 is 11.3 Å². The largest absolute Gasteiger partial charge is 0.317 e. The van der Waals surface area contributed by atoms with Crippen molar-refractivity contribution in [2.24, 2.45) is 5.92 Å². The zero-order chi connectivity index (χ0) is 26.5. The van der Waals surface area contributed by atoms with Crippen LogP contribution < -0.4 is 5.32 Å². The van der Waals surface area contributed by atoms with E-state index in [1.807, 2.05) is 23.7 Å². The highest BCUT2D eigenvalue weighted by Crippen LogP contribution is 2.18. The molecule has 2 saturated heterocycles. The number of pyridine rings is 1. The molecule has 3 aromatic heterocycles. The number of hydrogen-bond donors (Lipinski definition) is 2. The first-order chi connectivity index (χ1) is 18.0. The lowest BCUT2D eigenvalue weighted by atomic mass is 10.0. The summed E-state index contributed by atoms with van der Waals surface area (Å²) in [5.41, 5.74) is 4.06. The summed E-state index contributed by atoms with van der Waals surface area (Å²) in [6, 6.07) is 8.13. The number of carbonyl (C=O) groups is 2. The van der Waals surface area contributed by atoms with Gasteiger partial charge < -0.3 is 15.1 Å². The van der Waals surface area contributed by atoms with E-state index >= 15 is 0 Å². The van der Waals surface area contributed by atoms with Gasteiger partial charge in [0.15, 0.2) is 0 Å². The molecule has 0 saturated carbocycles. The molecule has 1 unspecified atom stereocenters. The fraction of sp³-hybridized carbons (Fsp3) is 0.444. The van der Waals surface area contributed by atoms with E-state index in [2.05, 4.69) is 62.4 Å². The molecule has 4 aromatic rings. The highest BCUT2D eigenvalue weighted by molar-refractivity contribution is 7.16. The fourth-order valence-electron chi connectivity index (χ4n) is 4.23. The van der Waals surface area contributed by atoms with E-state index in [0.717, 1.165) is 16.8 Å². The van der Waals surface area contributed by atoms with Gasteiger partial charge in [0.05, 0.1) is 39.3 Å². The zero-order valence-electron chi connectivity index (χ0n) is 21.9. The molecule has 0 aliphatic carbocycles. The van der Waals surface area contributed by atoms with Crippen LogP contribution in [-0.4, -0.2) is 82.4 Å². The van der Waals surface area contributed by atoms with E-state index in [1.165, 1.54) is 62.8 Å². The Morgan fingerprint density at radius 2 is 1.84 bits per heavy atom. The smallest absolute Gasteiger partial charge is 0.288 e. The molecule has 0 bridgehead atoms. The molecule has 37 heavy (non-hydrogen) atoms. The standard InChI is InChI=1S/C8H6N4O2.C7H5NS.C7H15N.C5H11N/c13-4-7(14)11-6-3-9-1-5-2-10-12-8(5)6;1-2-4-7-6(3-1)8-5-9-7;1-7-4-3-5-8(2)6-7;1-6-4-2-3-5-6/h1-4H,(H,10,12)(H,11,14);1-5H;7H,3-6H2,1-2H3;2-5H2,1H3. The van der Waals surface area contributed by atoms with Gasteiger partial charge in [-0.05, 0) is 77.5 Å². The van der Waals surface area contributed by atoms with Crippen LogP contribution in [0.25, 0.3) is 21.1 Å². The van der Waals surface area contributed by atoms with E-state index < -0.39 is 5.91 Å². The molecule has 1 atom stereocenters. The number of likely N-dealkylation sites (tertiary alicyclic amines) is 2. The number of aromatic nitrogens is 4. The third kappa shape index (κ3) is 9.64. The number of aldehydes is 1. The molecule has 2 aliphatic heterocycles. The zero-order valence-corrected chi connectivity index (χ0v) is 22.7. The van der Waals surface area contributed by atoms with E-state index in [-0.39, 0.29) is 6.29 Å². The van der Waals surface area contributed by atoms with Crippen LogP contribution in [-0.2, 0) is 9.59 Å². The van der Waals surface area contributed by atoms with Crippen molar-refractivity contribution in [2.45, 2.75) is 32.6 Å². The third-order valence-electron chi connectivity index (χ3n) is 6.15. The first kappa shape index (κ1) is 28.4. The minimum Gasteiger partial charge on any atom is -0.317 e. The van der Waals surface area contributed by atoms with Crippen LogP contribution in [0.15, 0.2) is 48.4 Å². The van der Waals surface area contributed by atoms with Crippen molar-refractivity contribution in [1.82, 2.24) is 30.0 Å². The van der Waals surface area contributed by atoms with Gasteiger partial charge >= 0.3 is 0 Å². The van der Waals surface area contributed by atoms with Gasteiger partial charge in [0, 0.05) is 18.1 Å². The normalized spacial score (nSPS) is 17.5.